The van der Waals surface area contributed by atoms with Crippen LogP contribution in [-0.2, 0) is 0 Å². The highest BCUT2D eigenvalue weighted by molar-refractivity contribution is 9.11. The van der Waals surface area contributed by atoms with E-state index in [-0.39, 0.29) is 0 Å². The molecule has 0 radical (unpaired) electrons. The van der Waals surface area contributed by atoms with Crippen molar-refractivity contribution in [2.24, 2.45) is 0 Å². The molecule has 1 aromatic heterocycles. The van der Waals surface area contributed by atoms with Crippen molar-refractivity contribution in [3.05, 3.63) is 75.7 Å². The Morgan fingerprint density at radius 1 is 0.750 bits per heavy atom. The summed E-state index contributed by atoms with van der Waals surface area (Å²) in [4.78, 5) is 0. The second-order valence-corrected chi connectivity index (χ2v) is 10.4. The van der Waals surface area contributed by atoms with Gasteiger partial charge in [-0.1, -0.05) is 70.9 Å². The highest BCUT2D eigenvalue weighted by Gasteiger charge is 2.19. The predicted molar refractivity (Wildman–Crippen MR) is 153 cm³/mol. The first kappa shape index (κ1) is 26.4. The zero-order chi connectivity index (χ0) is 25.3. The molecule has 0 aliphatic heterocycles. The van der Waals surface area contributed by atoms with Gasteiger partial charge in [0.25, 0.3) is 0 Å². The van der Waals surface area contributed by atoms with Crippen LogP contribution in [0.4, 0.5) is 0 Å². The van der Waals surface area contributed by atoms with Crippen molar-refractivity contribution in [1.82, 2.24) is 14.8 Å². The van der Waals surface area contributed by atoms with Crippen LogP contribution in [-0.4, -0.2) is 28.5 Å². The number of methoxy groups -OCH3 is 1. The van der Waals surface area contributed by atoms with E-state index >= 15 is 0 Å². The first-order chi connectivity index (χ1) is 17.6. The molecular weight excluding hydrogens is 582 g/mol. The Labute approximate surface area is 230 Å². The number of unbranched alkanes of at least 4 members (excludes halogenated alkanes) is 5. The molecule has 4 aromatic rings. The van der Waals surface area contributed by atoms with Gasteiger partial charge in [-0.2, -0.15) is 0 Å². The molecule has 188 valence electrons. The highest BCUT2D eigenvalue weighted by atomic mass is 79.9. The molecule has 36 heavy (non-hydrogen) atoms. The van der Waals surface area contributed by atoms with Crippen LogP contribution in [0.15, 0.2) is 75.7 Å². The molecule has 0 fully saturated rings. The fourth-order valence-corrected chi connectivity index (χ4v) is 4.85. The predicted octanol–water partition coefficient (Wildman–Crippen LogP) is 8.87. The third kappa shape index (κ3) is 6.56. The van der Waals surface area contributed by atoms with Gasteiger partial charge in [0.2, 0.25) is 0 Å². The van der Waals surface area contributed by atoms with E-state index in [9.17, 15) is 0 Å². The lowest BCUT2D eigenvalue weighted by Crippen LogP contribution is -2.01. The minimum atomic E-state index is 0.742. The van der Waals surface area contributed by atoms with Gasteiger partial charge < -0.3 is 9.47 Å². The lowest BCUT2D eigenvalue weighted by Gasteiger charge is -2.13. The van der Waals surface area contributed by atoms with E-state index in [1.807, 2.05) is 66.7 Å². The van der Waals surface area contributed by atoms with Crippen LogP contribution in [0.2, 0.25) is 0 Å². The largest absolute Gasteiger partial charge is 0.497 e. The zero-order valence-corrected chi connectivity index (χ0v) is 23.9. The molecule has 4 rings (SSSR count). The Bertz CT molecular complexity index is 1250. The molecule has 0 saturated carbocycles. The minimum absolute atomic E-state index is 0.742. The Morgan fingerprint density at radius 2 is 1.42 bits per heavy atom. The first-order valence-corrected chi connectivity index (χ1v) is 14.0. The quantitative estimate of drug-likeness (QED) is 0.150. The topological polar surface area (TPSA) is 49.2 Å². The van der Waals surface area contributed by atoms with Gasteiger partial charge in [0.1, 0.15) is 11.5 Å². The van der Waals surface area contributed by atoms with Crippen molar-refractivity contribution in [1.29, 1.82) is 0 Å². The summed E-state index contributed by atoms with van der Waals surface area (Å²) in [7, 11) is 1.67. The van der Waals surface area contributed by atoms with E-state index < -0.39 is 0 Å². The van der Waals surface area contributed by atoms with Gasteiger partial charge in [-0.25, -0.2) is 0 Å². The molecule has 1 heterocycles. The molecule has 0 amide bonds. The molecule has 0 atom stereocenters. The van der Waals surface area contributed by atoms with E-state index in [4.69, 9.17) is 9.47 Å². The number of ether oxygens (including phenoxy) is 2. The van der Waals surface area contributed by atoms with Crippen LogP contribution in [0.5, 0.6) is 11.5 Å². The zero-order valence-electron chi connectivity index (χ0n) is 20.7. The normalized spacial score (nSPS) is 11.0. The van der Waals surface area contributed by atoms with Crippen molar-refractivity contribution >= 4 is 31.9 Å². The number of benzene rings is 3. The molecule has 3 aromatic carbocycles. The summed E-state index contributed by atoms with van der Waals surface area (Å²) >= 11 is 7.27. The summed E-state index contributed by atoms with van der Waals surface area (Å²) in [5.41, 5.74) is 2.85. The summed E-state index contributed by atoms with van der Waals surface area (Å²) in [6.07, 6.45) is 7.51. The number of aromatic nitrogens is 3. The van der Waals surface area contributed by atoms with Crippen molar-refractivity contribution in [3.63, 3.8) is 0 Å². The van der Waals surface area contributed by atoms with Gasteiger partial charge in [-0.05, 0) is 73.2 Å². The van der Waals surface area contributed by atoms with Crippen LogP contribution < -0.4 is 9.47 Å². The second-order valence-electron chi connectivity index (χ2n) is 8.65. The average Bonchev–Trinajstić information content (AvgIpc) is 3.35. The van der Waals surface area contributed by atoms with E-state index in [1.165, 1.54) is 32.1 Å². The number of rotatable bonds is 12. The molecule has 0 aliphatic rings. The van der Waals surface area contributed by atoms with E-state index in [0.717, 1.165) is 61.9 Å². The fraction of sp³-hybridized carbons (Fsp3) is 0.310. The lowest BCUT2D eigenvalue weighted by atomic mass is 10.1. The third-order valence-corrected chi connectivity index (χ3v) is 7.23. The summed E-state index contributed by atoms with van der Waals surface area (Å²) in [6.45, 7) is 2.99. The van der Waals surface area contributed by atoms with Crippen LogP contribution in [0.3, 0.4) is 0 Å². The SMILES string of the molecule is CCCCCCCCOc1ccc(-c2nnc(-c3cc(Br)ccc3Br)n2-c2ccc(OC)cc2)cc1. The van der Waals surface area contributed by atoms with Gasteiger partial charge in [0.05, 0.1) is 13.7 Å². The summed E-state index contributed by atoms with van der Waals surface area (Å²) in [5.74, 6) is 3.17. The lowest BCUT2D eigenvalue weighted by molar-refractivity contribution is 0.304. The van der Waals surface area contributed by atoms with Crippen LogP contribution >= 0.6 is 31.9 Å². The number of halogens is 2. The standard InChI is InChI=1S/C29H31Br2N3O2/c1-3-4-5-6-7-8-19-36-25-14-9-21(10-15-25)28-32-33-29(26-20-22(30)11-18-27(26)31)34(28)23-12-16-24(35-2)17-13-23/h9-18,20H,3-8,19H2,1-2H3. The van der Waals surface area contributed by atoms with Crippen molar-refractivity contribution < 1.29 is 9.47 Å². The summed E-state index contributed by atoms with van der Waals surface area (Å²) in [5, 5.41) is 9.19. The fourth-order valence-electron chi connectivity index (χ4n) is 4.06. The van der Waals surface area contributed by atoms with Gasteiger partial charge in [0.15, 0.2) is 11.6 Å². The third-order valence-electron chi connectivity index (χ3n) is 6.04. The molecule has 0 bridgehead atoms. The van der Waals surface area contributed by atoms with Gasteiger partial charge >= 0.3 is 0 Å². The van der Waals surface area contributed by atoms with Crippen LogP contribution in [0.25, 0.3) is 28.5 Å². The maximum atomic E-state index is 5.98. The summed E-state index contributed by atoms with van der Waals surface area (Å²) < 4.78 is 15.3. The number of hydrogen-bond donors (Lipinski definition) is 0. The minimum Gasteiger partial charge on any atom is -0.497 e. The van der Waals surface area contributed by atoms with E-state index in [0.29, 0.717) is 0 Å². The maximum absolute atomic E-state index is 5.98. The highest BCUT2D eigenvalue weighted by Crippen LogP contribution is 2.35. The molecule has 0 saturated heterocycles. The first-order valence-electron chi connectivity index (χ1n) is 12.4. The Kier molecular flexibility index (Phi) is 9.59. The summed E-state index contributed by atoms with van der Waals surface area (Å²) in [6, 6.07) is 22.0. The van der Waals surface area contributed by atoms with Gasteiger partial charge in [0, 0.05) is 25.8 Å². The molecule has 0 aliphatic carbocycles. The molecule has 0 N–H and O–H groups in total. The van der Waals surface area contributed by atoms with E-state index in [2.05, 4.69) is 53.5 Å². The van der Waals surface area contributed by atoms with Crippen LogP contribution in [0, 0.1) is 0 Å². The second kappa shape index (κ2) is 13.1. The Balaban J connectivity index is 1.59. The molecule has 7 heteroatoms. The molecule has 0 spiro atoms. The molecular formula is C29H31Br2N3O2. The van der Waals surface area contributed by atoms with Crippen molar-refractivity contribution in [2.45, 2.75) is 45.4 Å². The van der Waals surface area contributed by atoms with Crippen molar-refractivity contribution in [3.8, 4) is 40.0 Å². The average molecular weight is 613 g/mol. The van der Waals surface area contributed by atoms with Crippen molar-refractivity contribution in [2.75, 3.05) is 13.7 Å². The van der Waals surface area contributed by atoms with Gasteiger partial charge in [-0.3, -0.25) is 4.57 Å². The maximum Gasteiger partial charge on any atom is 0.170 e. The van der Waals surface area contributed by atoms with Gasteiger partial charge in [-0.15, -0.1) is 10.2 Å². The molecule has 5 nitrogen and oxygen atoms in total. The van der Waals surface area contributed by atoms with E-state index in [1.54, 1.807) is 7.11 Å². The Hall–Kier alpha value is -2.64. The monoisotopic (exact) mass is 611 g/mol. The number of hydrogen-bond acceptors (Lipinski definition) is 4. The molecule has 0 unspecified atom stereocenters. The Morgan fingerprint density at radius 3 is 2.14 bits per heavy atom. The smallest absolute Gasteiger partial charge is 0.170 e. The van der Waals surface area contributed by atoms with Crippen LogP contribution in [0.1, 0.15) is 45.4 Å². The number of nitrogens with zero attached hydrogens (tertiary/aromatic N) is 3.